The van der Waals surface area contributed by atoms with Gasteiger partial charge in [0.15, 0.2) is 0 Å². The molecule has 0 saturated carbocycles. The lowest BCUT2D eigenvalue weighted by Gasteiger charge is -2.21. The van der Waals surface area contributed by atoms with Crippen LogP contribution in [0.4, 0.5) is 4.79 Å². The Morgan fingerprint density at radius 1 is 0.442 bits per heavy atom. The van der Waals surface area contributed by atoms with Crippen LogP contribution >= 0.6 is 15.6 Å². The molecule has 500 valence electrons. The number of azide groups is 2. The fraction of sp³-hybridized carbons (Fsp3) is 0.885. The van der Waals surface area contributed by atoms with Crippen molar-refractivity contribution >= 4 is 33.6 Å². The summed E-state index contributed by atoms with van der Waals surface area (Å²) >= 11 is 0. The Kier molecular flexibility index (Phi) is 57.9. The molecule has 0 rings (SSSR count). The number of urea groups is 1. The number of carbonyl (C=O) groups excluding carboxylic acids is 3. The van der Waals surface area contributed by atoms with Crippen LogP contribution in [0.2, 0.25) is 0 Å². The van der Waals surface area contributed by atoms with Crippen LogP contribution in [0.3, 0.4) is 0 Å². The Bertz CT molecular complexity index is 1760. The quantitative estimate of drug-likeness (QED) is 0.0109. The highest BCUT2D eigenvalue weighted by Gasteiger charge is 2.30. The smallest absolute Gasteiger partial charge is 0.462 e. The van der Waals surface area contributed by atoms with Crippen molar-refractivity contribution in [1.82, 2.24) is 10.6 Å². The molecule has 0 aromatic carbocycles. The molecule has 25 heteroatoms. The van der Waals surface area contributed by atoms with E-state index in [1.165, 1.54) is 89.2 Å². The predicted molar refractivity (Wildman–Crippen MR) is 340 cm³/mol. The molecule has 2 N–H and O–H groups in total. The van der Waals surface area contributed by atoms with E-state index in [1.54, 1.807) is 0 Å². The predicted octanol–water partition coefficient (Wildman–Crippen LogP) is 17.5. The minimum atomic E-state index is -4.27. The van der Waals surface area contributed by atoms with Crippen molar-refractivity contribution in [2.24, 2.45) is 10.2 Å². The third-order valence-electron chi connectivity index (χ3n) is 13.9. The zero-order chi connectivity index (χ0) is 63.3. The van der Waals surface area contributed by atoms with Gasteiger partial charge in [-0.05, 0) is 49.6 Å². The van der Waals surface area contributed by atoms with Crippen molar-refractivity contribution < 1.29 is 69.6 Å². The van der Waals surface area contributed by atoms with Gasteiger partial charge in [0.2, 0.25) is 0 Å². The molecular formula is C61H116N8O15P2. The van der Waals surface area contributed by atoms with Gasteiger partial charge in [-0.1, -0.05) is 204 Å². The number of unbranched alkanes of at least 4 members (excludes halogenated alkanes) is 24. The number of amides is 2. The number of hydrogen-bond acceptors (Lipinski definition) is 17. The topological polar surface area (TPSA) is 299 Å². The molecule has 0 spiro atoms. The SMILES string of the molecule is C=CCOP(=O)(OCCNC(=O)NCCOP(=O)(OCC=C)OC[C@@H](COCC[C@@H](CCCCCCC)OC(=O)CCCCCCCCCCC)N=[N+]=[N-])OC[C@@H](COCC[C@@H](CCCCCCC)OC(=O)CCCCCCCCCCC)N=[N+]=[N-]. The molecule has 0 aliphatic carbocycles. The van der Waals surface area contributed by atoms with E-state index < -0.39 is 33.8 Å². The van der Waals surface area contributed by atoms with Crippen LogP contribution in [0.5, 0.6) is 0 Å². The highest BCUT2D eigenvalue weighted by Crippen LogP contribution is 2.50. The number of nitrogens with zero attached hydrogens (tertiary/aromatic N) is 6. The van der Waals surface area contributed by atoms with Crippen LogP contribution in [-0.4, -0.2) is 121 Å². The van der Waals surface area contributed by atoms with Gasteiger partial charge in [-0.25, -0.2) is 13.9 Å². The highest BCUT2D eigenvalue weighted by molar-refractivity contribution is 7.48. The number of hydrogen-bond donors (Lipinski definition) is 2. The number of nitrogens with one attached hydrogen (secondary N) is 2. The summed E-state index contributed by atoms with van der Waals surface area (Å²) in [6.45, 7) is 14.1. The van der Waals surface area contributed by atoms with Crippen LogP contribution in [0.15, 0.2) is 35.5 Å². The maximum absolute atomic E-state index is 13.6. The summed E-state index contributed by atoms with van der Waals surface area (Å²) in [7, 11) is -8.54. The first kappa shape index (κ1) is 82.5. The van der Waals surface area contributed by atoms with Crippen LogP contribution < -0.4 is 10.6 Å². The molecule has 0 aromatic heterocycles. The Morgan fingerprint density at radius 2 is 0.767 bits per heavy atom. The summed E-state index contributed by atoms with van der Waals surface area (Å²) < 4.78 is 83.3. The standard InChI is InChI=1S/C61H116N8O15P2/c1-7-13-17-21-23-25-27-31-35-39-59(70)83-57(37-33-29-19-15-9-3)41-47-75-51-55(66-68-62)53-81-85(73,77-45-11-5)79-49-43-64-61(72)65-44-50-80-86(74,78-46-12-6)82-54-56(67-69-63)52-76-48-42-58(38-34-30-20-16-10-4)84-60(71)40-36-32-28-26-24-22-18-14-8-2/h11-12,55-58H,5-10,13-54H2,1-4H3,(H2,64,65,72)/t55-,56-,57-,58-,85?,86?/m1/s1. The van der Waals surface area contributed by atoms with Crippen LogP contribution in [-0.2, 0) is 64.8 Å². The molecule has 23 nitrogen and oxygen atoms in total. The lowest BCUT2D eigenvalue weighted by molar-refractivity contribution is -0.151. The van der Waals surface area contributed by atoms with Crippen molar-refractivity contribution in [3.05, 3.63) is 46.2 Å². The van der Waals surface area contributed by atoms with Gasteiger partial charge in [0.25, 0.3) is 0 Å². The van der Waals surface area contributed by atoms with Crippen LogP contribution in [0, 0.1) is 0 Å². The third-order valence-corrected chi connectivity index (χ3v) is 16.7. The Hall–Kier alpha value is -3.55. The molecule has 0 radical (unpaired) electrons. The molecule has 0 heterocycles. The molecule has 0 fully saturated rings. The van der Waals surface area contributed by atoms with Crippen LogP contribution in [0.1, 0.15) is 246 Å². The summed E-state index contributed by atoms with van der Waals surface area (Å²) in [5, 5.41) is 12.5. The maximum Gasteiger partial charge on any atom is 0.475 e. The fourth-order valence-corrected chi connectivity index (χ4v) is 11.3. The molecule has 86 heavy (non-hydrogen) atoms. The van der Waals surface area contributed by atoms with Crippen molar-refractivity contribution in [1.29, 1.82) is 0 Å². The van der Waals surface area contributed by atoms with Gasteiger partial charge in [-0.15, -0.1) is 13.2 Å². The summed E-state index contributed by atoms with van der Waals surface area (Å²) in [6, 6.07) is -2.50. The van der Waals surface area contributed by atoms with Gasteiger partial charge >= 0.3 is 33.6 Å². The minimum Gasteiger partial charge on any atom is -0.462 e. The zero-order valence-corrected chi connectivity index (χ0v) is 55.4. The highest BCUT2D eigenvalue weighted by atomic mass is 31.2. The lowest BCUT2D eigenvalue weighted by atomic mass is 10.1. The molecule has 2 amide bonds. The number of esters is 2. The summed E-state index contributed by atoms with van der Waals surface area (Å²) in [5.74, 6) is -0.404. The van der Waals surface area contributed by atoms with Gasteiger partial charge < -0.3 is 29.6 Å². The Morgan fingerprint density at radius 3 is 1.09 bits per heavy atom. The van der Waals surface area contributed by atoms with E-state index >= 15 is 0 Å². The second-order valence-corrected chi connectivity index (χ2v) is 25.1. The summed E-state index contributed by atoms with van der Waals surface area (Å²) in [5.41, 5.74) is 18.6. The molecule has 0 aliphatic heterocycles. The van der Waals surface area contributed by atoms with E-state index in [0.717, 1.165) is 116 Å². The van der Waals surface area contributed by atoms with Gasteiger partial charge in [0.05, 0.1) is 78.2 Å². The molecule has 0 aromatic rings. The van der Waals surface area contributed by atoms with Gasteiger partial charge in [-0.2, -0.15) is 0 Å². The zero-order valence-electron chi connectivity index (χ0n) is 53.6. The fourth-order valence-electron chi connectivity index (χ4n) is 8.94. The normalized spacial score (nSPS) is 14.1. The average Bonchev–Trinajstić information content (AvgIpc) is 3.68. The molecule has 2 unspecified atom stereocenters. The molecule has 6 atom stereocenters. The van der Waals surface area contributed by atoms with Crippen molar-refractivity contribution in [3.63, 3.8) is 0 Å². The molecule has 0 saturated heterocycles. The van der Waals surface area contributed by atoms with Crippen molar-refractivity contribution in [2.45, 2.75) is 270 Å². The Balaban J connectivity index is 5.09. The average molecular weight is 1260 g/mol. The van der Waals surface area contributed by atoms with E-state index in [0.29, 0.717) is 25.7 Å². The number of phosphoric ester groups is 2. The number of phosphoric acid groups is 2. The summed E-state index contributed by atoms with van der Waals surface area (Å²) in [6.07, 6.45) is 36.9. The molecule has 0 aliphatic rings. The first-order valence-corrected chi connectivity index (χ1v) is 35.7. The van der Waals surface area contributed by atoms with Crippen molar-refractivity contribution in [2.75, 3.05) is 79.2 Å². The lowest BCUT2D eigenvalue weighted by Crippen LogP contribution is -2.38. The van der Waals surface area contributed by atoms with E-state index in [9.17, 15) is 34.6 Å². The second kappa shape index (κ2) is 60.4. The Labute approximate surface area is 517 Å². The number of ether oxygens (including phenoxy) is 4. The van der Waals surface area contributed by atoms with Gasteiger partial charge in [0, 0.05) is 48.6 Å². The van der Waals surface area contributed by atoms with E-state index in [-0.39, 0.29) is 103 Å². The van der Waals surface area contributed by atoms with E-state index in [4.69, 9.17) is 46.1 Å². The van der Waals surface area contributed by atoms with Gasteiger partial charge in [-0.3, -0.25) is 36.7 Å². The van der Waals surface area contributed by atoms with Gasteiger partial charge in [0.1, 0.15) is 12.2 Å². The maximum atomic E-state index is 13.6. The molecular weight excluding hydrogens is 1150 g/mol. The largest absolute Gasteiger partial charge is 0.475 e. The third kappa shape index (κ3) is 52.4. The minimum absolute atomic E-state index is 0.0822. The van der Waals surface area contributed by atoms with E-state index in [1.807, 2.05) is 0 Å². The first-order valence-electron chi connectivity index (χ1n) is 32.8. The monoisotopic (exact) mass is 1260 g/mol. The van der Waals surface area contributed by atoms with Crippen molar-refractivity contribution in [3.8, 4) is 0 Å². The first-order chi connectivity index (χ1) is 41.9. The van der Waals surface area contributed by atoms with Crippen LogP contribution in [0.25, 0.3) is 20.9 Å². The number of carbonyl (C=O) groups is 3. The molecule has 0 bridgehead atoms. The van der Waals surface area contributed by atoms with E-state index in [2.05, 4.69) is 71.5 Å². The summed E-state index contributed by atoms with van der Waals surface area (Å²) in [4.78, 5) is 44.1. The second-order valence-electron chi connectivity index (χ2n) is 21.7. The number of rotatable bonds is 66.